The topological polar surface area (TPSA) is 79.5 Å². The van der Waals surface area contributed by atoms with E-state index >= 15 is 0 Å². The van der Waals surface area contributed by atoms with Crippen LogP contribution in [0.3, 0.4) is 0 Å². The number of benzene rings is 3. The maximum Gasteiger partial charge on any atom is 0.416 e. The molecule has 0 aliphatic carbocycles. The average Bonchev–Trinajstić information content (AvgIpc) is 2.78. The minimum atomic E-state index is -4.51. The van der Waals surface area contributed by atoms with Gasteiger partial charge in [-0.3, -0.25) is 9.59 Å². The summed E-state index contributed by atoms with van der Waals surface area (Å²) < 4.78 is 43.7. The first-order valence-electron chi connectivity index (χ1n) is 9.51. The lowest BCUT2D eigenvalue weighted by molar-refractivity contribution is -0.137. The van der Waals surface area contributed by atoms with Crippen molar-refractivity contribution in [1.82, 2.24) is 0 Å². The molecule has 166 valence electrons. The van der Waals surface area contributed by atoms with E-state index in [1.165, 1.54) is 31.4 Å². The van der Waals surface area contributed by atoms with Gasteiger partial charge >= 0.3 is 6.18 Å². The van der Waals surface area contributed by atoms with Crippen LogP contribution in [0.25, 0.3) is 0 Å². The van der Waals surface area contributed by atoms with Crippen molar-refractivity contribution in [2.75, 3.05) is 29.6 Å². The summed E-state index contributed by atoms with van der Waals surface area (Å²) in [5.41, 5.74) is 0.414. The van der Waals surface area contributed by atoms with Crippen LogP contribution in [0.4, 0.5) is 30.2 Å². The second-order valence-electron chi connectivity index (χ2n) is 6.72. The second-order valence-corrected chi connectivity index (χ2v) is 6.72. The number of hydrogen-bond donors (Lipinski definition) is 3. The van der Waals surface area contributed by atoms with Crippen molar-refractivity contribution in [2.24, 2.45) is 0 Å². The largest absolute Gasteiger partial charge is 0.495 e. The van der Waals surface area contributed by atoms with Gasteiger partial charge in [0, 0.05) is 16.9 Å². The maximum atomic E-state index is 12.9. The fraction of sp³-hybridized carbons (Fsp3) is 0.130. The molecule has 0 radical (unpaired) electrons. The number of nitrogens with one attached hydrogen (secondary N) is 3. The Kier molecular flexibility index (Phi) is 6.99. The third kappa shape index (κ3) is 6.00. The molecule has 0 fully saturated rings. The Hall–Kier alpha value is -4.01. The molecule has 3 aromatic rings. The number of ether oxygens (including phenoxy) is 1. The van der Waals surface area contributed by atoms with Crippen molar-refractivity contribution >= 4 is 28.9 Å². The summed E-state index contributed by atoms with van der Waals surface area (Å²) in [6.45, 7) is -0.0727. The molecule has 6 nitrogen and oxygen atoms in total. The zero-order chi connectivity index (χ0) is 23.1. The van der Waals surface area contributed by atoms with E-state index in [1.807, 2.05) is 0 Å². The summed E-state index contributed by atoms with van der Waals surface area (Å²) in [6, 6.07) is 17.6. The molecule has 0 aliphatic heterocycles. The quantitative estimate of drug-likeness (QED) is 0.479. The van der Waals surface area contributed by atoms with Gasteiger partial charge in [0.2, 0.25) is 5.91 Å². The first-order valence-corrected chi connectivity index (χ1v) is 9.51. The molecular weight excluding hydrogens is 423 g/mol. The molecule has 2 amide bonds. The van der Waals surface area contributed by atoms with Crippen LogP contribution < -0.4 is 20.7 Å². The molecule has 3 rings (SSSR count). The molecule has 3 N–H and O–H groups in total. The summed E-state index contributed by atoms with van der Waals surface area (Å²) in [7, 11) is 1.50. The van der Waals surface area contributed by atoms with Crippen molar-refractivity contribution in [2.45, 2.75) is 6.18 Å². The van der Waals surface area contributed by atoms with Gasteiger partial charge in [-0.1, -0.05) is 24.3 Å². The zero-order valence-corrected chi connectivity index (χ0v) is 17.0. The lowest BCUT2D eigenvalue weighted by Crippen LogP contribution is -2.22. The number of hydrogen-bond acceptors (Lipinski definition) is 4. The fourth-order valence-corrected chi connectivity index (χ4v) is 2.87. The predicted octanol–water partition coefficient (Wildman–Crippen LogP) is 5.02. The third-order valence-corrected chi connectivity index (χ3v) is 4.41. The molecule has 9 heteroatoms. The number of amides is 2. The number of carbonyl (C=O) groups excluding carboxylic acids is 2. The molecule has 0 spiro atoms. The van der Waals surface area contributed by atoms with Crippen molar-refractivity contribution in [3.05, 3.63) is 83.9 Å². The molecule has 0 heterocycles. The number of halogens is 3. The molecule has 0 atom stereocenters. The van der Waals surface area contributed by atoms with Crippen LogP contribution in [0, 0.1) is 0 Å². The van der Waals surface area contributed by atoms with Crippen LogP contribution in [0.15, 0.2) is 72.8 Å². The number of alkyl halides is 3. The van der Waals surface area contributed by atoms with Gasteiger partial charge in [-0.05, 0) is 48.5 Å². The standard InChI is InChI=1S/C23H20F3N3O3/c1-32-20-11-3-2-10-19(20)29-21(30)14-27-17-8-4-6-15(12-17)22(31)28-18-9-5-7-16(13-18)23(24,25)26/h2-13,27H,14H2,1H3,(H,28,31)(H,29,30). The summed E-state index contributed by atoms with van der Waals surface area (Å²) >= 11 is 0. The van der Waals surface area contributed by atoms with Gasteiger partial charge in [0.25, 0.3) is 5.91 Å². The number of carbonyl (C=O) groups is 2. The van der Waals surface area contributed by atoms with Gasteiger partial charge in [-0.2, -0.15) is 13.2 Å². The molecule has 0 unspecified atom stereocenters. The number of rotatable bonds is 7. The normalized spacial score (nSPS) is 10.9. The van der Waals surface area contributed by atoms with Crippen LogP contribution in [0.1, 0.15) is 15.9 Å². The van der Waals surface area contributed by atoms with Gasteiger partial charge in [0.1, 0.15) is 5.75 Å². The smallest absolute Gasteiger partial charge is 0.416 e. The van der Waals surface area contributed by atoms with Crippen molar-refractivity contribution in [1.29, 1.82) is 0 Å². The van der Waals surface area contributed by atoms with E-state index in [0.717, 1.165) is 12.1 Å². The van der Waals surface area contributed by atoms with Gasteiger partial charge in [0.05, 0.1) is 24.9 Å². The predicted molar refractivity (Wildman–Crippen MR) is 116 cm³/mol. The van der Waals surface area contributed by atoms with Crippen molar-refractivity contribution in [3.63, 3.8) is 0 Å². The molecule has 0 bridgehead atoms. The van der Waals surface area contributed by atoms with E-state index < -0.39 is 17.6 Å². The molecule has 0 saturated carbocycles. The van der Waals surface area contributed by atoms with Gasteiger partial charge in [0.15, 0.2) is 0 Å². The van der Waals surface area contributed by atoms with Crippen molar-refractivity contribution in [3.8, 4) is 5.75 Å². The maximum absolute atomic E-state index is 12.9. The van der Waals surface area contributed by atoms with Crippen LogP contribution in [-0.2, 0) is 11.0 Å². The highest BCUT2D eigenvalue weighted by Crippen LogP contribution is 2.30. The highest BCUT2D eigenvalue weighted by atomic mass is 19.4. The van der Waals surface area contributed by atoms with Crippen LogP contribution in [0.2, 0.25) is 0 Å². The monoisotopic (exact) mass is 443 g/mol. The molecule has 32 heavy (non-hydrogen) atoms. The Morgan fingerprint density at radius 3 is 2.34 bits per heavy atom. The highest BCUT2D eigenvalue weighted by Gasteiger charge is 2.30. The first kappa shape index (κ1) is 22.7. The van der Waals surface area contributed by atoms with E-state index in [9.17, 15) is 22.8 Å². The second kappa shape index (κ2) is 9.86. The molecule has 0 saturated heterocycles. The summed E-state index contributed by atoms with van der Waals surface area (Å²) in [5.74, 6) is -0.381. The van der Waals surface area contributed by atoms with Gasteiger partial charge in [-0.15, -0.1) is 0 Å². The Labute approximate surface area is 182 Å². The Morgan fingerprint density at radius 1 is 0.875 bits per heavy atom. The summed E-state index contributed by atoms with van der Waals surface area (Å²) in [6.07, 6.45) is -4.51. The van der Waals surface area contributed by atoms with Crippen LogP contribution >= 0.6 is 0 Å². The fourth-order valence-electron chi connectivity index (χ4n) is 2.87. The van der Waals surface area contributed by atoms with E-state index in [2.05, 4.69) is 16.0 Å². The molecule has 0 aromatic heterocycles. The summed E-state index contributed by atoms with van der Waals surface area (Å²) in [5, 5.41) is 8.08. The molecular formula is C23H20F3N3O3. The van der Waals surface area contributed by atoms with E-state index in [-0.39, 0.29) is 23.7 Å². The SMILES string of the molecule is COc1ccccc1NC(=O)CNc1cccc(C(=O)Nc2cccc(C(F)(F)F)c2)c1. The van der Waals surface area contributed by atoms with Crippen molar-refractivity contribution < 1.29 is 27.5 Å². The van der Waals surface area contributed by atoms with Crippen LogP contribution in [0.5, 0.6) is 5.75 Å². The first-order chi connectivity index (χ1) is 15.3. The Morgan fingerprint density at radius 2 is 1.59 bits per heavy atom. The zero-order valence-electron chi connectivity index (χ0n) is 17.0. The summed E-state index contributed by atoms with van der Waals surface area (Å²) in [4.78, 5) is 24.7. The van der Waals surface area contributed by atoms with Crippen LogP contribution in [-0.4, -0.2) is 25.5 Å². The highest BCUT2D eigenvalue weighted by molar-refractivity contribution is 6.05. The van der Waals surface area contributed by atoms with E-state index in [0.29, 0.717) is 17.1 Å². The number of para-hydroxylation sites is 2. The minimum Gasteiger partial charge on any atom is -0.495 e. The molecule has 3 aromatic carbocycles. The third-order valence-electron chi connectivity index (χ3n) is 4.41. The van der Waals surface area contributed by atoms with Gasteiger partial charge in [-0.25, -0.2) is 0 Å². The number of methoxy groups -OCH3 is 1. The Balaban J connectivity index is 1.61. The van der Waals surface area contributed by atoms with E-state index in [4.69, 9.17) is 4.74 Å². The Bertz CT molecular complexity index is 1120. The minimum absolute atomic E-state index is 0.0272. The van der Waals surface area contributed by atoms with Gasteiger partial charge < -0.3 is 20.7 Å². The lowest BCUT2D eigenvalue weighted by atomic mass is 10.1. The average molecular weight is 443 g/mol. The lowest BCUT2D eigenvalue weighted by Gasteiger charge is -2.12. The number of anilines is 3. The molecule has 0 aliphatic rings. The van der Waals surface area contributed by atoms with E-state index in [1.54, 1.807) is 36.4 Å².